The van der Waals surface area contributed by atoms with Crippen molar-refractivity contribution in [3.63, 3.8) is 0 Å². The van der Waals surface area contributed by atoms with Crippen LogP contribution in [-0.4, -0.2) is 24.5 Å². The number of hydrogen-bond acceptors (Lipinski definition) is 3. The van der Waals surface area contributed by atoms with E-state index >= 15 is 0 Å². The fraction of sp³-hybridized carbons (Fsp3) is 0. The number of carboxylic acid groups (broad SMARTS) is 1. The summed E-state index contributed by atoms with van der Waals surface area (Å²) in [6, 6.07) is 0. The zero-order valence-corrected chi connectivity index (χ0v) is 4.04. The molecule has 0 amide bonds. The van der Waals surface area contributed by atoms with Gasteiger partial charge >= 0.3 is 0 Å². The van der Waals surface area contributed by atoms with Gasteiger partial charge in [0.1, 0.15) is 0 Å². The van der Waals surface area contributed by atoms with E-state index < -0.39 is 11.0 Å². The summed E-state index contributed by atoms with van der Waals surface area (Å²) in [5, 5.41) is 6.89. The van der Waals surface area contributed by atoms with Gasteiger partial charge in [-0.25, -0.2) is 8.42 Å². The van der Waals surface area contributed by atoms with E-state index in [0.29, 0.717) is 0 Å². The summed E-state index contributed by atoms with van der Waals surface area (Å²) < 4.78 is 24.2. The second-order valence-corrected chi connectivity index (χ2v) is 0.819. The van der Waals surface area contributed by atoms with Crippen LogP contribution >= 0.6 is 0 Å². The number of carbonyl (C=O) groups is 1. The van der Waals surface area contributed by atoms with Gasteiger partial charge in [-0.1, -0.05) is 0 Å². The maximum absolute atomic E-state index is 8.59. The predicted octanol–water partition coefficient (Wildman–Crippen LogP) is -1.23. The Morgan fingerprint density at radius 3 is 1.43 bits per heavy atom. The van der Waals surface area contributed by atoms with E-state index in [-0.39, 0.29) is 6.47 Å². The van der Waals surface area contributed by atoms with E-state index in [1.54, 1.807) is 0 Å². The second kappa shape index (κ2) is 9.03. The second-order valence-electron chi connectivity index (χ2n) is 0.343. The van der Waals surface area contributed by atoms with Gasteiger partial charge in [0.05, 0.1) is 0 Å². The minimum atomic E-state index is -3.12. The predicted molar refractivity (Wildman–Crippen MR) is 21.6 cm³/mol. The highest BCUT2D eigenvalue weighted by Crippen LogP contribution is 1.27. The normalized spacial score (nSPS) is 6.57. The molecule has 0 saturated heterocycles. The molecule has 7 heavy (non-hydrogen) atoms. The third-order valence-corrected chi connectivity index (χ3v) is 0. The Morgan fingerprint density at radius 2 is 1.43 bits per heavy atom. The first-order valence-electron chi connectivity index (χ1n) is 1.06. The summed E-state index contributed by atoms with van der Waals surface area (Å²) in [6.07, 6.45) is 0. The molecule has 44 valence electrons. The number of hydrogen-bond donors (Lipinski definition) is 3. The first kappa shape index (κ1) is 9.63. The van der Waals surface area contributed by atoms with Gasteiger partial charge in [-0.15, -0.1) is 0 Å². The molecule has 0 unspecified atom stereocenters. The molecule has 0 fully saturated rings. The fourth-order valence-electron chi connectivity index (χ4n) is 0. The smallest absolute Gasteiger partial charge is 0.290 e. The third-order valence-electron chi connectivity index (χ3n) is 0. The lowest BCUT2D eigenvalue weighted by molar-refractivity contribution is -0.122. The molecule has 0 aromatic carbocycles. The molecular weight excluding hydrogens is 124 g/mol. The van der Waals surface area contributed by atoms with E-state index in [4.69, 9.17) is 22.9 Å². The van der Waals surface area contributed by atoms with Gasteiger partial charge in [-0.05, 0) is 0 Å². The van der Waals surface area contributed by atoms with Crippen LogP contribution in [0.25, 0.3) is 0 Å². The molecule has 0 aliphatic carbocycles. The minimum absolute atomic E-state index is 0.250. The number of thiol groups is 1. The van der Waals surface area contributed by atoms with Gasteiger partial charge in [-0.2, -0.15) is 0 Å². The zero-order valence-electron chi connectivity index (χ0n) is 3.14. The Bertz CT molecular complexity index is 84.3. The molecular formula is CH4O5S. The van der Waals surface area contributed by atoms with Crippen molar-refractivity contribution in [2.75, 3.05) is 0 Å². The van der Waals surface area contributed by atoms with Crippen molar-refractivity contribution in [1.82, 2.24) is 0 Å². The molecule has 0 rings (SSSR count). The molecule has 0 atom stereocenters. The van der Waals surface area contributed by atoms with Crippen LogP contribution in [0.15, 0.2) is 0 Å². The topological polar surface area (TPSA) is 91.7 Å². The van der Waals surface area contributed by atoms with Crippen LogP contribution in [0.1, 0.15) is 0 Å². The van der Waals surface area contributed by atoms with Gasteiger partial charge in [0.25, 0.3) is 17.5 Å². The molecule has 2 N–H and O–H groups in total. The molecule has 0 spiro atoms. The van der Waals surface area contributed by atoms with Crippen LogP contribution in [0.2, 0.25) is 0 Å². The molecule has 0 aliphatic heterocycles. The molecule has 6 heteroatoms. The SMILES string of the molecule is O=CO.O=[SH](=O)O. The Hall–Kier alpha value is -0.620. The molecule has 0 heterocycles. The molecule has 0 aliphatic rings. The Kier molecular flexibility index (Phi) is 12.4. The molecule has 0 aromatic heterocycles. The lowest BCUT2D eigenvalue weighted by Crippen LogP contribution is -1.58. The Labute approximate surface area is 41.4 Å². The fourth-order valence-corrected chi connectivity index (χ4v) is 0. The van der Waals surface area contributed by atoms with Gasteiger partial charge < -0.3 is 5.11 Å². The van der Waals surface area contributed by atoms with Crippen molar-refractivity contribution in [3.8, 4) is 0 Å². The summed E-state index contributed by atoms with van der Waals surface area (Å²) >= 11 is 0. The van der Waals surface area contributed by atoms with Crippen molar-refractivity contribution < 1.29 is 22.9 Å². The Balaban J connectivity index is 0. The van der Waals surface area contributed by atoms with Gasteiger partial charge in [0.2, 0.25) is 0 Å². The van der Waals surface area contributed by atoms with Gasteiger partial charge in [-0.3, -0.25) is 9.35 Å². The molecule has 0 aromatic rings. The number of rotatable bonds is 0. The zero-order chi connectivity index (χ0) is 6.28. The standard InChI is InChI=1S/CH2O2.H2O3S/c2-1-3;1-4(2)3/h1H,(H,2,3);4H,(H,1,2,3). The average molecular weight is 128 g/mol. The molecule has 0 saturated carbocycles. The third kappa shape index (κ3) is 160. The van der Waals surface area contributed by atoms with Crippen molar-refractivity contribution >= 4 is 17.5 Å². The van der Waals surface area contributed by atoms with Crippen LogP contribution in [0.3, 0.4) is 0 Å². The maximum Gasteiger partial charge on any atom is 0.290 e. The van der Waals surface area contributed by atoms with Crippen molar-refractivity contribution in [2.45, 2.75) is 0 Å². The largest absolute Gasteiger partial charge is 0.483 e. The van der Waals surface area contributed by atoms with Crippen molar-refractivity contribution in [3.05, 3.63) is 0 Å². The van der Waals surface area contributed by atoms with Crippen LogP contribution in [0.5, 0.6) is 0 Å². The first-order chi connectivity index (χ1) is 3.15. The molecule has 0 radical (unpaired) electrons. The highest BCUT2D eigenvalue weighted by molar-refractivity contribution is 7.66. The van der Waals surface area contributed by atoms with E-state index in [2.05, 4.69) is 0 Å². The van der Waals surface area contributed by atoms with Crippen LogP contribution < -0.4 is 0 Å². The van der Waals surface area contributed by atoms with Crippen LogP contribution in [0, 0.1) is 0 Å². The van der Waals surface area contributed by atoms with E-state index in [9.17, 15) is 0 Å². The van der Waals surface area contributed by atoms with Crippen LogP contribution in [-0.2, 0) is 15.8 Å². The van der Waals surface area contributed by atoms with Gasteiger partial charge in [0.15, 0.2) is 0 Å². The average Bonchev–Trinajstić information content (AvgIpc) is 1.33. The Morgan fingerprint density at radius 1 is 1.43 bits per heavy atom. The first-order valence-corrected chi connectivity index (χ1v) is 2.19. The van der Waals surface area contributed by atoms with Crippen molar-refractivity contribution in [1.29, 1.82) is 0 Å². The van der Waals surface area contributed by atoms with Gasteiger partial charge in [0, 0.05) is 0 Å². The lowest BCUT2D eigenvalue weighted by Gasteiger charge is -1.43. The summed E-state index contributed by atoms with van der Waals surface area (Å²) in [4.78, 5) is 8.36. The molecule has 5 nitrogen and oxygen atoms in total. The summed E-state index contributed by atoms with van der Waals surface area (Å²) in [5.41, 5.74) is 0. The van der Waals surface area contributed by atoms with Crippen LogP contribution in [0.4, 0.5) is 0 Å². The maximum atomic E-state index is 8.59. The van der Waals surface area contributed by atoms with E-state index in [1.807, 2.05) is 0 Å². The molecule has 0 bridgehead atoms. The highest BCUT2D eigenvalue weighted by atomic mass is 32.2. The monoisotopic (exact) mass is 128 g/mol. The quantitative estimate of drug-likeness (QED) is 0.216. The summed E-state index contributed by atoms with van der Waals surface area (Å²) in [5.74, 6) is 0. The summed E-state index contributed by atoms with van der Waals surface area (Å²) in [6.45, 7) is -0.250. The van der Waals surface area contributed by atoms with E-state index in [1.165, 1.54) is 0 Å². The lowest BCUT2D eigenvalue weighted by atomic mass is 11.7. The van der Waals surface area contributed by atoms with E-state index in [0.717, 1.165) is 0 Å². The van der Waals surface area contributed by atoms with Crippen molar-refractivity contribution in [2.24, 2.45) is 0 Å². The highest BCUT2D eigenvalue weighted by Gasteiger charge is 1.44. The minimum Gasteiger partial charge on any atom is -0.483 e. The summed E-state index contributed by atoms with van der Waals surface area (Å²) in [7, 11) is -3.12.